The molecule has 2 aliphatic heterocycles. The molecule has 1 aromatic heterocycles. The summed E-state index contributed by atoms with van der Waals surface area (Å²) in [6, 6.07) is 56.8. The zero-order chi connectivity index (χ0) is 36.5. The number of para-hydroxylation sites is 2. The molecule has 3 aliphatic rings. The standard InChI is InChI=1S/C50H37N5/c1-51-49(33-15-4-2-5-16-33)53-50(34-17-6-3-7-18-34)52-31-32-14-12-19-36(28-32)54-44-24-10-9-21-38(44)43-30-42-35(29-46(43)54)26-27-41-40-23-13-22-39-37-20-8-11-25-45(37)55(47(39)40)48(41)42/h2-30,40,47,50,52H,1,31H2/b53-49-. The van der Waals surface area contributed by atoms with Gasteiger partial charge in [-0.1, -0.05) is 140 Å². The normalized spacial score (nSPS) is 17.3. The molecule has 3 atom stereocenters. The van der Waals surface area contributed by atoms with E-state index in [-0.39, 0.29) is 6.17 Å². The number of nitrogens with zero attached hydrogens (tertiary/aromatic N) is 4. The Balaban J connectivity index is 1.01. The molecule has 0 fully saturated rings. The van der Waals surface area contributed by atoms with E-state index in [0.29, 0.717) is 24.3 Å². The lowest BCUT2D eigenvalue weighted by atomic mass is 9.84. The van der Waals surface area contributed by atoms with Gasteiger partial charge in [0.1, 0.15) is 6.17 Å². The Hall–Kier alpha value is -6.82. The van der Waals surface area contributed by atoms with Crippen molar-refractivity contribution in [3.05, 3.63) is 204 Å². The van der Waals surface area contributed by atoms with Crippen LogP contribution in [-0.2, 0) is 6.54 Å². The van der Waals surface area contributed by atoms with Gasteiger partial charge in [-0.05, 0) is 70.8 Å². The molecule has 0 spiro atoms. The van der Waals surface area contributed by atoms with E-state index in [9.17, 15) is 0 Å². The largest absolute Gasteiger partial charge is 0.332 e. The van der Waals surface area contributed by atoms with Gasteiger partial charge in [0.25, 0.3) is 0 Å². The molecular weight excluding hydrogens is 671 g/mol. The second-order valence-electron chi connectivity index (χ2n) is 14.7. The SMILES string of the molecule is C=N/C(=N\C(NCc1cccc(-n2c3ccccc3c3cc4c5c(ccc4cc32)C2C=CC=C3c4ccccc4N5C32)c1)c1ccccc1)c1ccccc1. The Morgan fingerprint density at radius 2 is 1.51 bits per heavy atom. The molecule has 7 aromatic carbocycles. The molecule has 3 unspecified atom stereocenters. The van der Waals surface area contributed by atoms with Crippen LogP contribution in [0.3, 0.4) is 0 Å². The predicted molar refractivity (Wildman–Crippen MR) is 229 cm³/mol. The summed E-state index contributed by atoms with van der Waals surface area (Å²) in [7, 11) is 0. The summed E-state index contributed by atoms with van der Waals surface area (Å²) in [4.78, 5) is 12.0. The average molecular weight is 708 g/mol. The molecule has 5 nitrogen and oxygen atoms in total. The zero-order valence-electron chi connectivity index (χ0n) is 30.2. The molecule has 3 heterocycles. The zero-order valence-corrected chi connectivity index (χ0v) is 30.2. The highest BCUT2D eigenvalue weighted by atomic mass is 15.2. The first kappa shape index (κ1) is 31.7. The first-order chi connectivity index (χ1) is 27.2. The summed E-state index contributed by atoms with van der Waals surface area (Å²) >= 11 is 0. The van der Waals surface area contributed by atoms with E-state index < -0.39 is 0 Å². The van der Waals surface area contributed by atoms with Crippen molar-refractivity contribution in [3.63, 3.8) is 0 Å². The molecule has 0 amide bonds. The van der Waals surface area contributed by atoms with Crippen molar-refractivity contribution in [1.82, 2.24) is 9.88 Å². The fourth-order valence-corrected chi connectivity index (χ4v) is 9.25. The van der Waals surface area contributed by atoms with Crippen LogP contribution in [0.5, 0.6) is 0 Å². The summed E-state index contributed by atoms with van der Waals surface area (Å²) < 4.78 is 2.43. The Bertz CT molecular complexity index is 2920. The van der Waals surface area contributed by atoms with E-state index in [1.807, 2.05) is 48.5 Å². The smallest absolute Gasteiger partial charge is 0.155 e. The lowest BCUT2D eigenvalue weighted by Gasteiger charge is -2.25. The van der Waals surface area contributed by atoms with E-state index in [1.54, 1.807) is 0 Å². The molecular formula is C50H37N5. The lowest BCUT2D eigenvalue weighted by Crippen LogP contribution is -2.26. The van der Waals surface area contributed by atoms with Crippen molar-refractivity contribution >= 4 is 62.1 Å². The quantitative estimate of drug-likeness (QED) is 0.132. The summed E-state index contributed by atoms with van der Waals surface area (Å²) in [6.45, 7) is 4.46. The van der Waals surface area contributed by atoms with Gasteiger partial charge in [-0.3, -0.25) is 5.32 Å². The van der Waals surface area contributed by atoms with Gasteiger partial charge >= 0.3 is 0 Å². The minimum atomic E-state index is -0.305. The van der Waals surface area contributed by atoms with Crippen LogP contribution in [0.1, 0.15) is 39.9 Å². The number of anilines is 2. The van der Waals surface area contributed by atoms with Gasteiger partial charge in [0.15, 0.2) is 5.84 Å². The first-order valence-electron chi connectivity index (χ1n) is 19.0. The molecule has 262 valence electrons. The number of rotatable bonds is 7. The summed E-state index contributed by atoms with van der Waals surface area (Å²) in [5.41, 5.74) is 13.5. The van der Waals surface area contributed by atoms with Crippen LogP contribution < -0.4 is 10.2 Å². The maximum atomic E-state index is 5.07. The number of nitrogens with one attached hydrogen (secondary N) is 1. The molecule has 11 rings (SSSR count). The number of hydrogen-bond acceptors (Lipinski definition) is 3. The van der Waals surface area contributed by atoms with Gasteiger partial charge in [0.2, 0.25) is 0 Å². The van der Waals surface area contributed by atoms with Gasteiger partial charge in [-0.25, -0.2) is 9.98 Å². The maximum absolute atomic E-state index is 5.07. The highest BCUT2D eigenvalue weighted by Gasteiger charge is 2.47. The van der Waals surface area contributed by atoms with Gasteiger partial charge in [0, 0.05) is 51.1 Å². The second kappa shape index (κ2) is 12.7. The monoisotopic (exact) mass is 707 g/mol. The number of aliphatic imine (C=N–C) groups is 2. The molecule has 0 saturated carbocycles. The van der Waals surface area contributed by atoms with Crippen LogP contribution in [-0.4, -0.2) is 23.2 Å². The van der Waals surface area contributed by atoms with E-state index in [1.165, 1.54) is 66.2 Å². The number of benzene rings is 7. The number of amidine groups is 1. The number of fused-ring (bicyclic) bond motifs is 11. The summed E-state index contributed by atoms with van der Waals surface area (Å²) in [6.07, 6.45) is 6.66. The number of hydrogen-bond donors (Lipinski definition) is 1. The minimum absolute atomic E-state index is 0.305. The fraction of sp³-hybridized carbons (Fsp3) is 0.0800. The summed E-state index contributed by atoms with van der Waals surface area (Å²) in [5, 5.41) is 8.79. The number of aromatic nitrogens is 1. The average Bonchev–Trinajstić information content (AvgIpc) is 3.89. The van der Waals surface area contributed by atoms with Gasteiger partial charge in [-0.15, -0.1) is 0 Å². The van der Waals surface area contributed by atoms with Crippen LogP contribution in [0.4, 0.5) is 11.4 Å². The third-order valence-electron chi connectivity index (χ3n) is 11.6. The van der Waals surface area contributed by atoms with E-state index in [0.717, 1.165) is 16.8 Å². The predicted octanol–water partition coefficient (Wildman–Crippen LogP) is 11.4. The Morgan fingerprint density at radius 1 is 0.709 bits per heavy atom. The van der Waals surface area contributed by atoms with Crippen molar-refractivity contribution in [2.45, 2.75) is 24.7 Å². The molecule has 0 saturated heterocycles. The molecule has 1 N–H and O–H groups in total. The van der Waals surface area contributed by atoms with Crippen molar-refractivity contribution in [2.75, 3.05) is 4.90 Å². The van der Waals surface area contributed by atoms with Crippen LogP contribution in [0.15, 0.2) is 186 Å². The third-order valence-corrected chi connectivity index (χ3v) is 11.6. The topological polar surface area (TPSA) is 44.9 Å². The van der Waals surface area contributed by atoms with Crippen LogP contribution in [0.25, 0.3) is 43.8 Å². The van der Waals surface area contributed by atoms with Gasteiger partial charge in [-0.2, -0.15) is 0 Å². The maximum Gasteiger partial charge on any atom is 0.155 e. The minimum Gasteiger partial charge on any atom is -0.332 e. The molecule has 0 bridgehead atoms. The Labute approximate surface area is 319 Å². The Kier molecular flexibility index (Phi) is 7.29. The van der Waals surface area contributed by atoms with Crippen molar-refractivity contribution < 1.29 is 0 Å². The third kappa shape index (κ3) is 4.97. The molecule has 0 radical (unpaired) electrons. The van der Waals surface area contributed by atoms with Crippen LogP contribution in [0.2, 0.25) is 0 Å². The van der Waals surface area contributed by atoms with E-state index in [2.05, 4.69) is 154 Å². The molecule has 1 aliphatic carbocycles. The summed E-state index contributed by atoms with van der Waals surface area (Å²) in [5.74, 6) is 0.949. The van der Waals surface area contributed by atoms with Crippen LogP contribution in [0, 0.1) is 0 Å². The second-order valence-corrected chi connectivity index (χ2v) is 14.7. The fourth-order valence-electron chi connectivity index (χ4n) is 9.25. The molecule has 8 aromatic rings. The lowest BCUT2D eigenvalue weighted by molar-refractivity contribution is 0.554. The molecule has 5 heteroatoms. The van der Waals surface area contributed by atoms with Gasteiger partial charge in [0.05, 0.1) is 22.8 Å². The van der Waals surface area contributed by atoms with Crippen molar-refractivity contribution in [3.8, 4) is 5.69 Å². The first-order valence-corrected chi connectivity index (χ1v) is 19.0. The van der Waals surface area contributed by atoms with Crippen LogP contribution >= 0.6 is 0 Å². The van der Waals surface area contributed by atoms with Gasteiger partial charge < -0.3 is 9.47 Å². The highest BCUT2D eigenvalue weighted by Crippen LogP contribution is 2.59. The van der Waals surface area contributed by atoms with E-state index >= 15 is 0 Å². The van der Waals surface area contributed by atoms with Crippen molar-refractivity contribution in [1.29, 1.82) is 0 Å². The van der Waals surface area contributed by atoms with Crippen molar-refractivity contribution in [2.24, 2.45) is 9.98 Å². The highest BCUT2D eigenvalue weighted by molar-refractivity contribution is 6.17. The number of allylic oxidation sites excluding steroid dienone is 2. The van der Waals surface area contributed by atoms with E-state index in [4.69, 9.17) is 4.99 Å². The Morgan fingerprint density at radius 3 is 2.38 bits per heavy atom. The molecule has 55 heavy (non-hydrogen) atoms.